The van der Waals surface area contributed by atoms with Crippen molar-refractivity contribution < 1.29 is 24.5 Å². The van der Waals surface area contributed by atoms with Gasteiger partial charge in [0.1, 0.15) is 11.3 Å². The van der Waals surface area contributed by atoms with Crippen molar-refractivity contribution in [2.75, 3.05) is 6.61 Å². The molecule has 3 N–H and O–H groups in total. The third-order valence-corrected chi connectivity index (χ3v) is 4.73. The van der Waals surface area contributed by atoms with Crippen molar-refractivity contribution in [3.8, 4) is 0 Å². The number of carboxylic acids is 1. The highest BCUT2D eigenvalue weighted by Gasteiger charge is 2.38. The molecule has 9 nitrogen and oxygen atoms in total. The number of aliphatic carboxylic acids is 1. The molecule has 3 atom stereocenters. The molecule has 1 amide bonds. The molecule has 1 aromatic heterocycles. The number of aliphatic hydroxyl groups is 1. The van der Waals surface area contributed by atoms with Crippen molar-refractivity contribution in [3.63, 3.8) is 0 Å². The number of hydrogen-bond donors (Lipinski definition) is 3. The molecule has 0 bridgehead atoms. The Morgan fingerprint density at radius 1 is 1.39 bits per heavy atom. The molecule has 1 heterocycles. The van der Waals surface area contributed by atoms with E-state index >= 15 is 0 Å². The van der Waals surface area contributed by atoms with Gasteiger partial charge in [-0.2, -0.15) is 0 Å². The molecule has 156 valence electrons. The van der Waals surface area contributed by atoms with Crippen LogP contribution in [0.2, 0.25) is 0 Å². The molecule has 2 rings (SSSR count). The van der Waals surface area contributed by atoms with Gasteiger partial charge in [-0.3, -0.25) is 4.79 Å². The van der Waals surface area contributed by atoms with Crippen LogP contribution in [-0.2, 0) is 19.9 Å². The van der Waals surface area contributed by atoms with E-state index in [-0.39, 0.29) is 17.9 Å². The van der Waals surface area contributed by atoms with Crippen LogP contribution in [0, 0.1) is 0 Å². The van der Waals surface area contributed by atoms with Gasteiger partial charge >= 0.3 is 5.97 Å². The minimum Gasteiger partial charge on any atom is -0.478 e. The smallest absolute Gasteiger partial charge is 0.331 e. The van der Waals surface area contributed by atoms with Crippen molar-refractivity contribution in [1.29, 1.82) is 0 Å². The van der Waals surface area contributed by atoms with Crippen LogP contribution in [-0.4, -0.2) is 55.8 Å². The van der Waals surface area contributed by atoms with Crippen molar-refractivity contribution in [2.24, 2.45) is 0 Å². The predicted molar refractivity (Wildman–Crippen MR) is 102 cm³/mol. The van der Waals surface area contributed by atoms with Crippen molar-refractivity contribution in [1.82, 2.24) is 20.3 Å². The van der Waals surface area contributed by atoms with Crippen LogP contribution >= 0.6 is 0 Å². The van der Waals surface area contributed by atoms with Gasteiger partial charge in [0.05, 0.1) is 24.4 Å². The van der Waals surface area contributed by atoms with Crippen LogP contribution < -0.4 is 5.32 Å². The largest absolute Gasteiger partial charge is 0.478 e. The molecule has 0 saturated carbocycles. The summed E-state index contributed by atoms with van der Waals surface area (Å²) in [5.41, 5.74) is -0.635. The molecule has 0 fully saturated rings. The average Bonchev–Trinajstić information content (AvgIpc) is 3.09. The first-order chi connectivity index (χ1) is 13.1. The van der Waals surface area contributed by atoms with E-state index in [9.17, 15) is 19.8 Å². The van der Waals surface area contributed by atoms with E-state index in [1.807, 2.05) is 0 Å². The molecule has 0 radical (unpaired) electrons. The Hall–Kier alpha value is -2.26. The maximum Gasteiger partial charge on any atom is 0.331 e. The number of carboxylic acid groups (broad SMARTS) is 1. The molecule has 0 spiro atoms. The average molecular weight is 394 g/mol. The van der Waals surface area contributed by atoms with Gasteiger partial charge in [-0.15, -0.1) is 5.10 Å². The molecule has 1 aliphatic rings. The lowest BCUT2D eigenvalue weighted by Gasteiger charge is -2.36. The Labute approximate surface area is 164 Å². The van der Waals surface area contributed by atoms with E-state index in [1.165, 1.54) is 11.6 Å². The lowest BCUT2D eigenvalue weighted by molar-refractivity contribution is -0.133. The van der Waals surface area contributed by atoms with Gasteiger partial charge < -0.3 is 20.3 Å². The van der Waals surface area contributed by atoms with Crippen LogP contribution in [0.5, 0.6) is 0 Å². The maximum atomic E-state index is 11.8. The third kappa shape index (κ3) is 5.62. The number of nitrogens with zero attached hydrogens (tertiary/aromatic N) is 3. The van der Waals surface area contributed by atoms with Gasteiger partial charge in [0.15, 0.2) is 0 Å². The van der Waals surface area contributed by atoms with Crippen molar-refractivity contribution >= 4 is 11.9 Å². The number of nitrogens with one attached hydrogen (secondary N) is 1. The van der Waals surface area contributed by atoms with E-state index in [2.05, 4.69) is 22.6 Å². The lowest BCUT2D eigenvalue weighted by Crippen LogP contribution is -2.51. The number of rotatable bonds is 9. The topological polar surface area (TPSA) is 127 Å². The second-order valence-corrected chi connectivity index (χ2v) is 7.68. The minimum atomic E-state index is -1.19. The van der Waals surface area contributed by atoms with Crippen LogP contribution in [0.15, 0.2) is 17.8 Å². The number of unbranched alkanes of at least 4 members (excludes halogenated alkanes) is 2. The summed E-state index contributed by atoms with van der Waals surface area (Å²) in [4.78, 5) is 23.5. The quantitative estimate of drug-likeness (QED) is 0.542. The summed E-state index contributed by atoms with van der Waals surface area (Å²) < 4.78 is 7.45. The second kappa shape index (κ2) is 9.29. The molecule has 28 heavy (non-hydrogen) atoms. The predicted octanol–water partition coefficient (Wildman–Crippen LogP) is 1.54. The van der Waals surface area contributed by atoms with E-state index in [0.717, 1.165) is 19.3 Å². The Morgan fingerprint density at radius 2 is 2.11 bits per heavy atom. The summed E-state index contributed by atoms with van der Waals surface area (Å²) in [5, 5.41) is 30.6. The lowest BCUT2D eigenvalue weighted by atomic mass is 9.88. The van der Waals surface area contributed by atoms with E-state index < -0.39 is 29.8 Å². The molecular formula is C19H30N4O5. The van der Waals surface area contributed by atoms with Gasteiger partial charge in [-0.1, -0.05) is 25.0 Å². The molecule has 1 aliphatic carbocycles. The molecule has 0 aliphatic heterocycles. The Kier molecular flexibility index (Phi) is 7.31. The summed E-state index contributed by atoms with van der Waals surface area (Å²) >= 11 is 0. The molecule has 3 unspecified atom stereocenters. The number of ether oxygens (including phenoxy) is 1. The molecule has 0 aromatic carbocycles. The number of hydrogen-bond acceptors (Lipinski definition) is 6. The van der Waals surface area contributed by atoms with Gasteiger partial charge in [0.25, 0.3) is 0 Å². The minimum absolute atomic E-state index is 0.190. The van der Waals surface area contributed by atoms with Gasteiger partial charge in [0.2, 0.25) is 5.91 Å². The summed E-state index contributed by atoms with van der Waals surface area (Å²) in [6, 6.07) is -1.10. The fourth-order valence-electron chi connectivity index (χ4n) is 3.21. The van der Waals surface area contributed by atoms with Crippen LogP contribution in [0.4, 0.5) is 0 Å². The summed E-state index contributed by atoms with van der Waals surface area (Å²) in [7, 11) is 0. The van der Waals surface area contributed by atoms with Gasteiger partial charge in [-0.25, -0.2) is 9.48 Å². The Morgan fingerprint density at radius 3 is 2.64 bits per heavy atom. The summed E-state index contributed by atoms with van der Waals surface area (Å²) in [5.74, 6) is -1.27. The highest BCUT2D eigenvalue weighted by atomic mass is 16.5. The zero-order valence-corrected chi connectivity index (χ0v) is 16.9. The zero-order chi connectivity index (χ0) is 20.9. The zero-order valence-electron chi connectivity index (χ0n) is 16.9. The highest BCUT2D eigenvalue weighted by Crippen LogP contribution is 2.31. The summed E-state index contributed by atoms with van der Waals surface area (Å²) in [6.45, 7) is 7.16. The fourth-order valence-corrected chi connectivity index (χ4v) is 3.21. The Balaban J connectivity index is 2.36. The first-order valence-electron chi connectivity index (χ1n) is 9.60. The molecule has 9 heteroatoms. The van der Waals surface area contributed by atoms with E-state index in [1.54, 1.807) is 26.1 Å². The standard InChI is InChI=1S/C19H30N4O5/c1-5-6-7-8-28-15-10-13(18(25)26)9-14(17(15)20-12(2)24)23-11-16(21-22-23)19(3,4)27/h9,11,14-15,17,27H,5-8,10H2,1-4H3,(H,20,24)(H,25,26). The van der Waals surface area contributed by atoms with Crippen LogP contribution in [0.25, 0.3) is 0 Å². The van der Waals surface area contributed by atoms with Crippen molar-refractivity contribution in [3.05, 3.63) is 23.5 Å². The van der Waals surface area contributed by atoms with Crippen LogP contribution in [0.1, 0.15) is 65.1 Å². The van der Waals surface area contributed by atoms with E-state index in [4.69, 9.17) is 4.74 Å². The number of carbonyl (C=O) groups is 2. The van der Waals surface area contributed by atoms with E-state index in [0.29, 0.717) is 12.3 Å². The normalized spacial score (nSPS) is 22.6. The number of carbonyl (C=O) groups excluding carboxylic acids is 1. The SMILES string of the molecule is CCCCCOC1CC(C(=O)O)=CC(n2cc(C(C)(C)O)nn2)C1NC(C)=O. The molecular weight excluding hydrogens is 364 g/mol. The Bertz CT molecular complexity index is 722. The monoisotopic (exact) mass is 394 g/mol. The number of aromatic nitrogens is 3. The van der Waals surface area contributed by atoms with Crippen LogP contribution in [0.3, 0.4) is 0 Å². The first-order valence-corrected chi connectivity index (χ1v) is 9.60. The van der Waals surface area contributed by atoms with Gasteiger partial charge in [0, 0.05) is 25.5 Å². The second-order valence-electron chi connectivity index (χ2n) is 7.68. The van der Waals surface area contributed by atoms with Gasteiger partial charge in [-0.05, 0) is 26.3 Å². The third-order valence-electron chi connectivity index (χ3n) is 4.73. The molecule has 0 saturated heterocycles. The van der Waals surface area contributed by atoms with Crippen molar-refractivity contribution in [2.45, 2.75) is 77.2 Å². The maximum absolute atomic E-state index is 11.8. The molecule has 1 aromatic rings. The fraction of sp³-hybridized carbons (Fsp3) is 0.684. The number of amides is 1. The first kappa shape index (κ1) is 22.0. The highest BCUT2D eigenvalue weighted by molar-refractivity contribution is 5.87. The summed E-state index contributed by atoms with van der Waals surface area (Å²) in [6.07, 6.45) is 5.74.